The summed E-state index contributed by atoms with van der Waals surface area (Å²) in [4.78, 5) is 14.6. The van der Waals surface area contributed by atoms with E-state index in [1.165, 1.54) is 29.2 Å². The van der Waals surface area contributed by atoms with Crippen molar-refractivity contribution in [3.8, 4) is 0 Å². The molecular weight excluding hydrogens is 382 g/mol. The highest BCUT2D eigenvalue weighted by Crippen LogP contribution is 2.39. The summed E-state index contributed by atoms with van der Waals surface area (Å²) in [6, 6.07) is 17.3. The second kappa shape index (κ2) is 7.35. The zero-order valence-corrected chi connectivity index (χ0v) is 15.3. The summed E-state index contributed by atoms with van der Waals surface area (Å²) in [6.45, 7) is 0.195. The zero-order valence-electron chi connectivity index (χ0n) is 15.3. The number of benzene rings is 3. The maximum absolute atomic E-state index is 14.7. The highest BCUT2D eigenvalue weighted by atomic mass is 19.4. The van der Waals surface area contributed by atoms with Crippen LogP contribution < -0.4 is 0 Å². The molecule has 2 nitrogen and oxygen atoms in total. The lowest BCUT2D eigenvalue weighted by Gasteiger charge is -2.38. The van der Waals surface area contributed by atoms with Crippen LogP contribution in [0.25, 0.3) is 0 Å². The highest BCUT2D eigenvalue weighted by molar-refractivity contribution is 5.96. The lowest BCUT2D eigenvalue weighted by atomic mass is 9.87. The van der Waals surface area contributed by atoms with Gasteiger partial charge in [-0.25, -0.2) is 4.39 Å². The number of halogens is 4. The molecule has 0 spiro atoms. The molecule has 0 saturated carbocycles. The first-order valence-corrected chi connectivity index (χ1v) is 9.17. The number of carbonyl (C=O) groups excluding carboxylic acids is 1. The average molecular weight is 399 g/mol. The van der Waals surface area contributed by atoms with Crippen LogP contribution in [0.2, 0.25) is 0 Å². The van der Waals surface area contributed by atoms with Gasteiger partial charge in [-0.05, 0) is 35.7 Å². The molecule has 1 aliphatic heterocycles. The predicted octanol–water partition coefficient (Wildman–Crippen LogP) is 5.63. The molecule has 0 saturated heterocycles. The van der Waals surface area contributed by atoms with Gasteiger partial charge in [0, 0.05) is 12.1 Å². The van der Waals surface area contributed by atoms with Gasteiger partial charge in [0.2, 0.25) is 0 Å². The quantitative estimate of drug-likeness (QED) is 0.511. The summed E-state index contributed by atoms with van der Waals surface area (Å²) < 4.78 is 55.1. The molecule has 1 atom stereocenters. The number of hydrogen-bond acceptors (Lipinski definition) is 1. The van der Waals surface area contributed by atoms with Gasteiger partial charge in [0.1, 0.15) is 5.82 Å². The molecule has 3 aromatic carbocycles. The van der Waals surface area contributed by atoms with Crippen LogP contribution in [0, 0.1) is 5.82 Å². The Labute approximate surface area is 165 Å². The Bertz CT molecular complexity index is 1060. The number of amides is 1. The van der Waals surface area contributed by atoms with E-state index < -0.39 is 35.1 Å². The van der Waals surface area contributed by atoms with Gasteiger partial charge in [0.25, 0.3) is 5.91 Å². The predicted molar refractivity (Wildman–Crippen MR) is 101 cm³/mol. The largest absolute Gasteiger partial charge is 0.417 e. The van der Waals surface area contributed by atoms with Crippen LogP contribution in [-0.4, -0.2) is 17.4 Å². The summed E-state index contributed by atoms with van der Waals surface area (Å²) in [7, 11) is 0. The molecule has 29 heavy (non-hydrogen) atoms. The summed E-state index contributed by atoms with van der Waals surface area (Å²) >= 11 is 0. The van der Waals surface area contributed by atoms with Gasteiger partial charge in [0.15, 0.2) is 0 Å². The van der Waals surface area contributed by atoms with Crippen LogP contribution in [-0.2, 0) is 12.6 Å². The van der Waals surface area contributed by atoms with Crippen molar-refractivity contribution in [1.29, 1.82) is 0 Å². The summed E-state index contributed by atoms with van der Waals surface area (Å²) in [5.41, 5.74) is 0.518. The molecule has 1 aliphatic rings. The van der Waals surface area contributed by atoms with Crippen LogP contribution in [0.15, 0.2) is 72.8 Å². The van der Waals surface area contributed by atoms with Crippen molar-refractivity contribution < 1.29 is 22.4 Å². The molecule has 0 fully saturated rings. The second-order valence-electron chi connectivity index (χ2n) is 6.91. The van der Waals surface area contributed by atoms with E-state index in [0.717, 1.165) is 17.2 Å². The molecule has 0 aliphatic carbocycles. The molecule has 1 amide bonds. The number of alkyl halides is 3. The van der Waals surface area contributed by atoms with E-state index in [1.54, 1.807) is 30.3 Å². The maximum Gasteiger partial charge on any atom is 0.417 e. The Balaban J connectivity index is 1.85. The molecule has 0 radical (unpaired) electrons. The smallest absolute Gasteiger partial charge is 0.327 e. The first-order chi connectivity index (χ1) is 13.9. The Hall–Kier alpha value is -3.15. The SMILES string of the molecule is O=C(c1ccccc1C(F)(F)F)N1CCc2ccccc2[C@H]1c1ccccc1F. The minimum atomic E-state index is -4.66. The maximum atomic E-state index is 14.7. The van der Waals surface area contributed by atoms with Gasteiger partial charge < -0.3 is 4.90 Å². The number of hydrogen-bond donors (Lipinski definition) is 0. The van der Waals surface area contributed by atoms with E-state index in [-0.39, 0.29) is 12.1 Å². The van der Waals surface area contributed by atoms with Crippen molar-refractivity contribution in [2.45, 2.75) is 18.6 Å². The topological polar surface area (TPSA) is 20.3 Å². The molecule has 148 valence electrons. The minimum absolute atomic E-state index is 0.195. The van der Waals surface area contributed by atoms with Gasteiger partial charge in [-0.3, -0.25) is 4.79 Å². The summed E-state index contributed by atoms with van der Waals surface area (Å²) in [5, 5.41) is 0. The van der Waals surface area contributed by atoms with Gasteiger partial charge in [0.05, 0.1) is 17.2 Å². The Morgan fingerprint density at radius 2 is 1.48 bits per heavy atom. The first-order valence-electron chi connectivity index (χ1n) is 9.17. The molecule has 0 N–H and O–H groups in total. The fraction of sp³-hybridized carbons (Fsp3) is 0.174. The summed E-state index contributed by atoms with van der Waals surface area (Å²) in [5.74, 6) is -1.27. The standard InChI is InChI=1S/C23H17F4NO/c24-20-12-6-4-10-18(20)21-16-8-2-1-7-15(16)13-14-28(21)22(29)17-9-3-5-11-19(17)23(25,26)27/h1-12,21H,13-14H2/t21-/m0/s1. The van der Waals surface area contributed by atoms with E-state index in [1.807, 2.05) is 12.1 Å². The van der Waals surface area contributed by atoms with E-state index in [0.29, 0.717) is 6.42 Å². The second-order valence-corrected chi connectivity index (χ2v) is 6.91. The third-order valence-corrected chi connectivity index (χ3v) is 5.21. The fourth-order valence-corrected chi connectivity index (χ4v) is 3.89. The molecule has 1 heterocycles. The van der Waals surface area contributed by atoms with Crippen LogP contribution in [0.5, 0.6) is 0 Å². The molecule has 0 aromatic heterocycles. The molecule has 4 rings (SSSR count). The Morgan fingerprint density at radius 3 is 2.21 bits per heavy atom. The van der Waals surface area contributed by atoms with E-state index in [9.17, 15) is 22.4 Å². The average Bonchev–Trinajstić information content (AvgIpc) is 2.72. The lowest BCUT2D eigenvalue weighted by Crippen LogP contribution is -2.41. The normalized spacial score (nSPS) is 16.4. The lowest BCUT2D eigenvalue weighted by molar-refractivity contribution is -0.138. The van der Waals surface area contributed by atoms with E-state index >= 15 is 0 Å². The Kier molecular flexibility index (Phi) is 4.86. The van der Waals surface area contributed by atoms with Crippen LogP contribution in [0.4, 0.5) is 17.6 Å². The summed E-state index contributed by atoms with van der Waals surface area (Å²) in [6.07, 6.45) is -4.17. The van der Waals surface area contributed by atoms with Gasteiger partial charge in [-0.2, -0.15) is 13.2 Å². The number of carbonyl (C=O) groups is 1. The molecule has 0 unspecified atom stereocenters. The minimum Gasteiger partial charge on any atom is -0.327 e. The molecule has 3 aromatic rings. The van der Waals surface area contributed by atoms with Crippen LogP contribution in [0.3, 0.4) is 0 Å². The van der Waals surface area contributed by atoms with E-state index in [2.05, 4.69) is 0 Å². The van der Waals surface area contributed by atoms with Gasteiger partial charge >= 0.3 is 6.18 Å². The number of rotatable bonds is 2. The monoisotopic (exact) mass is 399 g/mol. The van der Waals surface area contributed by atoms with Crippen molar-refractivity contribution in [1.82, 2.24) is 4.90 Å². The first kappa shape index (κ1) is 19.2. The van der Waals surface area contributed by atoms with E-state index in [4.69, 9.17) is 0 Å². The van der Waals surface area contributed by atoms with Crippen LogP contribution >= 0.6 is 0 Å². The third-order valence-electron chi connectivity index (χ3n) is 5.21. The Morgan fingerprint density at radius 1 is 0.862 bits per heavy atom. The molecular formula is C23H17F4NO. The third kappa shape index (κ3) is 3.50. The van der Waals surface area contributed by atoms with Crippen molar-refractivity contribution in [3.63, 3.8) is 0 Å². The zero-order chi connectivity index (χ0) is 20.6. The van der Waals surface area contributed by atoms with Crippen molar-refractivity contribution >= 4 is 5.91 Å². The fourth-order valence-electron chi connectivity index (χ4n) is 3.89. The van der Waals surface area contributed by atoms with Crippen molar-refractivity contribution in [2.75, 3.05) is 6.54 Å². The number of nitrogens with zero attached hydrogens (tertiary/aromatic N) is 1. The van der Waals surface area contributed by atoms with Crippen molar-refractivity contribution in [2.24, 2.45) is 0 Å². The van der Waals surface area contributed by atoms with Crippen molar-refractivity contribution in [3.05, 3.63) is 106 Å². The molecule has 0 bridgehead atoms. The molecule has 6 heteroatoms. The highest BCUT2D eigenvalue weighted by Gasteiger charge is 2.39. The van der Waals surface area contributed by atoms with Gasteiger partial charge in [-0.1, -0.05) is 54.6 Å². The van der Waals surface area contributed by atoms with Crippen LogP contribution in [0.1, 0.15) is 38.7 Å². The number of fused-ring (bicyclic) bond motifs is 1. The van der Waals surface area contributed by atoms with Gasteiger partial charge in [-0.15, -0.1) is 0 Å².